The summed E-state index contributed by atoms with van der Waals surface area (Å²) in [5.74, 6) is -3.58. The molecule has 0 saturated carbocycles. The fourth-order valence-corrected chi connectivity index (χ4v) is 6.57. The van der Waals surface area contributed by atoms with E-state index in [0.29, 0.717) is 16.7 Å². The van der Waals surface area contributed by atoms with Crippen molar-refractivity contribution in [3.63, 3.8) is 0 Å². The average Bonchev–Trinajstić information content (AvgIpc) is 3.24. The molecule has 2 aliphatic rings. The topological polar surface area (TPSA) is 151 Å². The minimum atomic E-state index is -1.38. The van der Waals surface area contributed by atoms with Crippen LogP contribution in [0.3, 0.4) is 0 Å². The second kappa shape index (κ2) is 19.4. The standard InChI is InChI=1S/C43H44O13/c1-27-33(24-50-39(44)29-16-8-4-9-17-29)49-26-35(52-41(46)31-20-12-6-13-21-31)36(27)55-43-38(54-42(47)32-22-14-7-15-23-32)37(56-48-3)28(2)34(53-43)25-51-40(45)30-18-10-5-11-19-30/h4-23,27-28,33-38,43H,24-26H2,1-3H3/t27-,28-,33?,34?,35?,36+,37+,38?,43-/m1/s1. The monoisotopic (exact) mass is 768 g/mol. The Morgan fingerprint density at radius 2 is 0.982 bits per heavy atom. The van der Waals surface area contributed by atoms with E-state index in [1.807, 2.05) is 0 Å². The molecule has 56 heavy (non-hydrogen) atoms. The van der Waals surface area contributed by atoms with Crippen LogP contribution in [-0.4, -0.2) is 93.7 Å². The lowest BCUT2D eigenvalue weighted by atomic mass is 9.89. The van der Waals surface area contributed by atoms with Gasteiger partial charge in [0.15, 0.2) is 18.5 Å². The summed E-state index contributed by atoms with van der Waals surface area (Å²) in [5, 5.41) is 0. The van der Waals surface area contributed by atoms with E-state index in [1.54, 1.807) is 135 Å². The smallest absolute Gasteiger partial charge is 0.338 e. The van der Waals surface area contributed by atoms with Gasteiger partial charge in [0.1, 0.15) is 31.5 Å². The highest BCUT2D eigenvalue weighted by Gasteiger charge is 2.52. The number of carbonyl (C=O) groups is 4. The summed E-state index contributed by atoms with van der Waals surface area (Å²) in [5.41, 5.74) is 1.29. The first kappa shape index (κ1) is 40.2. The van der Waals surface area contributed by atoms with E-state index in [1.165, 1.54) is 7.11 Å². The zero-order valence-corrected chi connectivity index (χ0v) is 31.2. The summed E-state index contributed by atoms with van der Waals surface area (Å²) in [7, 11) is 1.32. The predicted molar refractivity (Wildman–Crippen MR) is 198 cm³/mol. The lowest BCUT2D eigenvalue weighted by molar-refractivity contribution is -0.387. The molecule has 2 aliphatic heterocycles. The number of esters is 4. The van der Waals surface area contributed by atoms with Crippen molar-refractivity contribution in [1.29, 1.82) is 0 Å². The summed E-state index contributed by atoms with van der Waals surface area (Å²) in [6.07, 6.45) is -7.13. The summed E-state index contributed by atoms with van der Waals surface area (Å²) in [4.78, 5) is 63.7. The molecule has 2 saturated heterocycles. The van der Waals surface area contributed by atoms with Gasteiger partial charge in [-0.1, -0.05) is 86.6 Å². The molecule has 2 fully saturated rings. The van der Waals surface area contributed by atoms with Crippen LogP contribution in [0, 0.1) is 11.8 Å². The first-order chi connectivity index (χ1) is 27.2. The third kappa shape index (κ3) is 10.0. The van der Waals surface area contributed by atoms with Crippen molar-refractivity contribution in [2.75, 3.05) is 26.9 Å². The van der Waals surface area contributed by atoms with Gasteiger partial charge in [-0.3, -0.25) is 0 Å². The summed E-state index contributed by atoms with van der Waals surface area (Å²) in [6.45, 7) is 3.09. The van der Waals surface area contributed by atoms with Crippen LogP contribution in [-0.2, 0) is 42.9 Å². The van der Waals surface area contributed by atoms with E-state index in [-0.39, 0.29) is 25.4 Å². The molecule has 2 heterocycles. The number of ether oxygens (including phenoxy) is 7. The van der Waals surface area contributed by atoms with Gasteiger partial charge in [-0.05, 0) is 48.5 Å². The zero-order valence-electron chi connectivity index (χ0n) is 31.2. The van der Waals surface area contributed by atoms with Crippen molar-refractivity contribution in [3.05, 3.63) is 144 Å². The van der Waals surface area contributed by atoms with Crippen LogP contribution in [0.1, 0.15) is 55.3 Å². The zero-order chi connectivity index (χ0) is 39.4. The molecule has 6 rings (SSSR count). The van der Waals surface area contributed by atoms with Crippen LogP contribution >= 0.6 is 0 Å². The maximum absolute atomic E-state index is 13.6. The number of carbonyl (C=O) groups excluding carboxylic acids is 4. The van der Waals surface area contributed by atoms with E-state index in [9.17, 15) is 19.2 Å². The summed E-state index contributed by atoms with van der Waals surface area (Å²) < 4.78 is 42.8. The van der Waals surface area contributed by atoms with Crippen LogP contribution in [0.5, 0.6) is 0 Å². The second-order valence-electron chi connectivity index (χ2n) is 13.4. The Balaban J connectivity index is 1.29. The molecule has 0 bridgehead atoms. The van der Waals surface area contributed by atoms with Crippen LogP contribution in [0.2, 0.25) is 0 Å². The SMILES string of the molecule is COO[C@@H]1C(OC(=O)c2ccccc2)[C@@H](O[C@@H]2C(OC(=O)c3ccccc3)COC(COC(=O)c3ccccc3)[C@H]2C)OC(COC(=O)c2ccccc2)[C@H]1C. The highest BCUT2D eigenvalue weighted by atomic mass is 17.2. The molecular formula is C43H44O13. The molecular weight excluding hydrogens is 724 g/mol. The van der Waals surface area contributed by atoms with Crippen molar-refractivity contribution < 1.29 is 62.1 Å². The van der Waals surface area contributed by atoms with Gasteiger partial charge >= 0.3 is 23.9 Å². The number of hydrogen-bond acceptors (Lipinski definition) is 13. The van der Waals surface area contributed by atoms with Gasteiger partial charge in [0.05, 0.1) is 42.1 Å². The predicted octanol–water partition coefficient (Wildman–Crippen LogP) is 5.88. The lowest BCUT2D eigenvalue weighted by Gasteiger charge is -2.47. The Morgan fingerprint density at radius 3 is 1.46 bits per heavy atom. The van der Waals surface area contributed by atoms with Gasteiger partial charge in [0, 0.05) is 11.8 Å². The van der Waals surface area contributed by atoms with E-state index >= 15 is 0 Å². The van der Waals surface area contributed by atoms with Crippen LogP contribution in [0.25, 0.3) is 0 Å². The van der Waals surface area contributed by atoms with Gasteiger partial charge in [0.2, 0.25) is 0 Å². The number of hydrogen-bond donors (Lipinski definition) is 0. The second-order valence-corrected chi connectivity index (χ2v) is 13.4. The Hall–Kier alpha value is -5.44. The van der Waals surface area contributed by atoms with Crippen molar-refractivity contribution >= 4 is 23.9 Å². The Bertz CT molecular complexity index is 1880. The first-order valence-corrected chi connectivity index (χ1v) is 18.3. The fraction of sp³-hybridized carbons (Fsp3) is 0.349. The molecule has 4 aromatic carbocycles. The molecule has 4 unspecified atom stereocenters. The maximum atomic E-state index is 13.6. The highest BCUT2D eigenvalue weighted by molar-refractivity contribution is 5.90. The minimum Gasteiger partial charge on any atom is -0.459 e. The third-order valence-corrected chi connectivity index (χ3v) is 9.75. The van der Waals surface area contributed by atoms with Gasteiger partial charge in [-0.25, -0.2) is 29.0 Å². The summed E-state index contributed by atoms with van der Waals surface area (Å²) >= 11 is 0. The Labute approximate surface area is 324 Å². The number of benzene rings is 4. The fourth-order valence-electron chi connectivity index (χ4n) is 6.57. The van der Waals surface area contributed by atoms with Gasteiger partial charge in [0.25, 0.3) is 0 Å². The van der Waals surface area contributed by atoms with E-state index in [2.05, 4.69) is 0 Å². The third-order valence-electron chi connectivity index (χ3n) is 9.75. The molecule has 0 amide bonds. The minimum absolute atomic E-state index is 0.130. The Kier molecular flexibility index (Phi) is 14.0. The van der Waals surface area contributed by atoms with Crippen molar-refractivity contribution in [3.8, 4) is 0 Å². The van der Waals surface area contributed by atoms with Crippen molar-refractivity contribution in [2.45, 2.75) is 56.8 Å². The van der Waals surface area contributed by atoms with E-state index in [4.69, 9.17) is 42.9 Å². The molecule has 13 heteroatoms. The van der Waals surface area contributed by atoms with E-state index in [0.717, 1.165) is 0 Å². The lowest BCUT2D eigenvalue weighted by Crippen LogP contribution is -2.61. The molecule has 0 N–H and O–H groups in total. The van der Waals surface area contributed by atoms with Crippen LogP contribution in [0.4, 0.5) is 0 Å². The summed E-state index contributed by atoms with van der Waals surface area (Å²) in [6, 6.07) is 33.8. The quantitative estimate of drug-likeness (QED) is 0.0651. The highest BCUT2D eigenvalue weighted by Crippen LogP contribution is 2.36. The normalized spacial score (nSPS) is 26.0. The molecule has 0 aromatic heterocycles. The maximum Gasteiger partial charge on any atom is 0.338 e. The first-order valence-electron chi connectivity index (χ1n) is 18.3. The largest absolute Gasteiger partial charge is 0.459 e. The van der Waals surface area contributed by atoms with Crippen molar-refractivity contribution in [1.82, 2.24) is 0 Å². The van der Waals surface area contributed by atoms with Crippen LogP contribution < -0.4 is 0 Å². The number of rotatable bonds is 14. The molecule has 0 radical (unpaired) electrons. The van der Waals surface area contributed by atoms with Gasteiger partial charge in [-0.15, -0.1) is 0 Å². The van der Waals surface area contributed by atoms with Crippen LogP contribution in [0.15, 0.2) is 121 Å². The molecule has 294 valence electrons. The molecule has 0 aliphatic carbocycles. The average molecular weight is 769 g/mol. The Morgan fingerprint density at radius 1 is 0.554 bits per heavy atom. The molecule has 4 aromatic rings. The van der Waals surface area contributed by atoms with Crippen molar-refractivity contribution in [2.24, 2.45) is 11.8 Å². The molecule has 0 spiro atoms. The van der Waals surface area contributed by atoms with Gasteiger partial charge < -0.3 is 33.2 Å². The van der Waals surface area contributed by atoms with E-state index < -0.39 is 78.6 Å². The molecule has 9 atom stereocenters. The van der Waals surface area contributed by atoms with Gasteiger partial charge in [-0.2, -0.15) is 0 Å². The molecule has 13 nitrogen and oxygen atoms in total.